The Morgan fingerprint density at radius 1 is 1.25 bits per heavy atom. The monoisotopic (exact) mass is 180 g/mol. The van der Waals surface area contributed by atoms with Crippen molar-refractivity contribution in [2.24, 2.45) is 0 Å². The van der Waals surface area contributed by atoms with Crippen molar-refractivity contribution >= 4 is 28.6 Å². The molecule has 5 heteroatoms. The minimum absolute atomic E-state index is 0.345. The number of pyridine rings is 1. The predicted octanol–water partition coefficient (Wildman–Crippen LogP) is 1.26. The Hall–Kier alpha value is -1.42. The molecule has 2 rings (SSSR count). The minimum Gasteiger partial charge on any atom is -0.382 e. The number of fused-ring (bicyclic) bond motifs is 1. The number of hydrogen-bond acceptors (Lipinski definition) is 4. The summed E-state index contributed by atoms with van der Waals surface area (Å²) < 4.78 is 0. The molecule has 2 N–H and O–H groups in total. The molecule has 60 valence electrons. The van der Waals surface area contributed by atoms with Gasteiger partial charge in [0.1, 0.15) is 16.5 Å². The van der Waals surface area contributed by atoms with Gasteiger partial charge in [-0.25, -0.2) is 15.0 Å². The van der Waals surface area contributed by atoms with Crippen LogP contribution in [-0.2, 0) is 0 Å². The van der Waals surface area contributed by atoms with Crippen LogP contribution in [-0.4, -0.2) is 15.0 Å². The zero-order valence-electron chi connectivity index (χ0n) is 6.03. The molecule has 2 heterocycles. The van der Waals surface area contributed by atoms with E-state index in [9.17, 15) is 0 Å². The zero-order valence-corrected chi connectivity index (χ0v) is 6.78. The number of hydrogen-bond donors (Lipinski definition) is 1. The molecular weight excluding hydrogens is 176 g/mol. The highest BCUT2D eigenvalue weighted by atomic mass is 35.5. The summed E-state index contributed by atoms with van der Waals surface area (Å²) >= 11 is 5.65. The number of nitrogens with two attached hydrogens (primary N) is 1. The summed E-state index contributed by atoms with van der Waals surface area (Å²) in [6, 6.07) is 3.41. The predicted molar refractivity (Wildman–Crippen MR) is 46.8 cm³/mol. The van der Waals surface area contributed by atoms with Gasteiger partial charge in [-0.2, -0.15) is 0 Å². The van der Waals surface area contributed by atoms with Crippen molar-refractivity contribution in [2.45, 2.75) is 0 Å². The van der Waals surface area contributed by atoms with Crippen LogP contribution in [0.3, 0.4) is 0 Å². The molecular formula is C7H5ClN4. The van der Waals surface area contributed by atoms with Crippen LogP contribution in [0.4, 0.5) is 5.82 Å². The summed E-state index contributed by atoms with van der Waals surface area (Å²) in [6.45, 7) is 0. The van der Waals surface area contributed by atoms with Crippen molar-refractivity contribution in [3.05, 3.63) is 23.5 Å². The van der Waals surface area contributed by atoms with Crippen LogP contribution < -0.4 is 5.73 Å². The van der Waals surface area contributed by atoms with Crippen LogP contribution in [0.1, 0.15) is 0 Å². The van der Waals surface area contributed by atoms with Gasteiger partial charge in [-0.05, 0) is 12.1 Å². The summed E-state index contributed by atoms with van der Waals surface area (Å²) in [5, 5.41) is 0.391. The van der Waals surface area contributed by atoms with E-state index in [4.69, 9.17) is 17.3 Å². The van der Waals surface area contributed by atoms with E-state index in [1.54, 1.807) is 12.1 Å². The molecule has 0 bridgehead atoms. The maximum absolute atomic E-state index is 5.65. The molecule has 0 unspecified atom stereocenters. The zero-order chi connectivity index (χ0) is 8.55. The van der Waals surface area contributed by atoms with Crippen molar-refractivity contribution in [3.8, 4) is 0 Å². The van der Waals surface area contributed by atoms with E-state index in [0.29, 0.717) is 22.1 Å². The van der Waals surface area contributed by atoms with Gasteiger partial charge in [0.25, 0.3) is 0 Å². The standard InChI is InChI=1S/C7H5ClN4/c8-5-2-1-4-7(11-5)12-6(9)3-10-4/h1-3H,(H2,9,11,12). The fourth-order valence-corrected chi connectivity index (χ4v) is 1.03. The topological polar surface area (TPSA) is 64.7 Å². The van der Waals surface area contributed by atoms with Crippen molar-refractivity contribution < 1.29 is 0 Å². The second-order valence-electron chi connectivity index (χ2n) is 2.27. The van der Waals surface area contributed by atoms with E-state index >= 15 is 0 Å². The Kier molecular flexibility index (Phi) is 1.55. The largest absolute Gasteiger partial charge is 0.382 e. The van der Waals surface area contributed by atoms with Crippen LogP contribution in [0.5, 0.6) is 0 Å². The third kappa shape index (κ3) is 1.16. The Balaban J connectivity index is 2.80. The first-order valence-corrected chi connectivity index (χ1v) is 3.68. The molecule has 0 spiro atoms. The molecule has 0 radical (unpaired) electrons. The normalized spacial score (nSPS) is 10.4. The molecule has 0 saturated carbocycles. The maximum Gasteiger partial charge on any atom is 0.181 e. The molecule has 0 amide bonds. The van der Waals surface area contributed by atoms with E-state index in [1.165, 1.54) is 6.20 Å². The van der Waals surface area contributed by atoms with Crippen molar-refractivity contribution in [1.82, 2.24) is 15.0 Å². The molecule has 0 aromatic carbocycles. The SMILES string of the molecule is Nc1cnc2ccc(Cl)nc2n1. The Bertz CT molecular complexity index is 392. The number of halogens is 1. The molecule has 2 aromatic heterocycles. The lowest BCUT2D eigenvalue weighted by molar-refractivity contribution is 1.23. The van der Waals surface area contributed by atoms with Crippen LogP contribution >= 0.6 is 11.6 Å². The number of anilines is 1. The lowest BCUT2D eigenvalue weighted by Gasteiger charge is -1.96. The fourth-order valence-electron chi connectivity index (χ4n) is 0.888. The highest BCUT2D eigenvalue weighted by Gasteiger charge is 1.98. The summed E-state index contributed by atoms with van der Waals surface area (Å²) in [5.41, 5.74) is 6.58. The summed E-state index contributed by atoms with van der Waals surface area (Å²) in [6.07, 6.45) is 1.48. The first-order valence-electron chi connectivity index (χ1n) is 3.30. The Morgan fingerprint density at radius 2 is 2.08 bits per heavy atom. The van der Waals surface area contributed by atoms with Gasteiger partial charge in [0.05, 0.1) is 6.20 Å². The quantitative estimate of drug-likeness (QED) is 0.620. The average molecular weight is 181 g/mol. The van der Waals surface area contributed by atoms with Gasteiger partial charge in [-0.1, -0.05) is 11.6 Å². The molecule has 0 aliphatic rings. The average Bonchev–Trinajstić information content (AvgIpc) is 2.03. The Labute approximate surface area is 73.4 Å². The molecule has 0 atom stereocenters. The fraction of sp³-hybridized carbons (Fsp3) is 0. The van der Waals surface area contributed by atoms with E-state index < -0.39 is 0 Å². The molecule has 0 fully saturated rings. The molecule has 4 nitrogen and oxygen atoms in total. The van der Waals surface area contributed by atoms with Crippen molar-refractivity contribution in [3.63, 3.8) is 0 Å². The van der Waals surface area contributed by atoms with Crippen LogP contribution in [0.25, 0.3) is 11.2 Å². The lowest BCUT2D eigenvalue weighted by Crippen LogP contribution is -1.93. The highest BCUT2D eigenvalue weighted by Crippen LogP contribution is 2.11. The third-order valence-electron chi connectivity index (χ3n) is 1.39. The number of rotatable bonds is 0. The van der Waals surface area contributed by atoms with Gasteiger partial charge in [0.15, 0.2) is 5.65 Å². The molecule has 12 heavy (non-hydrogen) atoms. The van der Waals surface area contributed by atoms with Crippen LogP contribution in [0, 0.1) is 0 Å². The molecule has 2 aromatic rings. The summed E-state index contributed by atoms with van der Waals surface area (Å²) in [7, 11) is 0. The van der Waals surface area contributed by atoms with Gasteiger partial charge in [0, 0.05) is 0 Å². The van der Waals surface area contributed by atoms with Gasteiger partial charge in [-0.15, -0.1) is 0 Å². The second-order valence-corrected chi connectivity index (χ2v) is 2.66. The van der Waals surface area contributed by atoms with E-state index in [1.807, 2.05) is 0 Å². The van der Waals surface area contributed by atoms with Gasteiger partial charge < -0.3 is 5.73 Å². The van der Waals surface area contributed by atoms with Gasteiger partial charge >= 0.3 is 0 Å². The van der Waals surface area contributed by atoms with Crippen molar-refractivity contribution in [2.75, 3.05) is 5.73 Å². The molecule has 0 aliphatic carbocycles. The summed E-state index contributed by atoms with van der Waals surface area (Å²) in [4.78, 5) is 11.9. The number of nitrogen functional groups attached to an aromatic ring is 1. The molecule has 0 saturated heterocycles. The van der Waals surface area contributed by atoms with E-state index in [2.05, 4.69) is 15.0 Å². The van der Waals surface area contributed by atoms with E-state index in [-0.39, 0.29) is 0 Å². The third-order valence-corrected chi connectivity index (χ3v) is 1.60. The summed E-state index contributed by atoms with van der Waals surface area (Å²) in [5.74, 6) is 0.345. The van der Waals surface area contributed by atoms with Crippen molar-refractivity contribution in [1.29, 1.82) is 0 Å². The second kappa shape index (κ2) is 2.57. The lowest BCUT2D eigenvalue weighted by atomic mass is 10.4. The minimum atomic E-state index is 0.345. The van der Waals surface area contributed by atoms with Gasteiger partial charge in [0.2, 0.25) is 0 Å². The first-order chi connectivity index (χ1) is 5.75. The Morgan fingerprint density at radius 3 is 2.92 bits per heavy atom. The highest BCUT2D eigenvalue weighted by molar-refractivity contribution is 6.29. The van der Waals surface area contributed by atoms with Gasteiger partial charge in [-0.3, -0.25) is 0 Å². The maximum atomic E-state index is 5.65. The smallest absolute Gasteiger partial charge is 0.181 e. The molecule has 0 aliphatic heterocycles. The number of nitrogens with zero attached hydrogens (tertiary/aromatic N) is 3. The van der Waals surface area contributed by atoms with Crippen LogP contribution in [0.2, 0.25) is 5.15 Å². The van der Waals surface area contributed by atoms with Crippen LogP contribution in [0.15, 0.2) is 18.3 Å². The first kappa shape index (κ1) is 7.24. The van der Waals surface area contributed by atoms with E-state index in [0.717, 1.165) is 0 Å². The number of aromatic nitrogens is 3.